The Hall–Kier alpha value is -3.89. The van der Waals surface area contributed by atoms with Gasteiger partial charge in [0.25, 0.3) is 0 Å². The number of pyridine rings is 2. The molecule has 1 aliphatic carbocycles. The molecular weight excluding hydrogens is 547 g/mol. The van der Waals surface area contributed by atoms with E-state index in [-0.39, 0.29) is 12.1 Å². The molecule has 42 heavy (non-hydrogen) atoms. The summed E-state index contributed by atoms with van der Waals surface area (Å²) in [6.07, 6.45) is 1.19. The molecule has 1 saturated heterocycles. The number of alkyl halides is 3. The fraction of sp³-hybridized carbons (Fsp3) is 0.484. The number of rotatable bonds is 6. The van der Waals surface area contributed by atoms with Crippen molar-refractivity contribution in [3.05, 3.63) is 59.9 Å². The second-order valence-corrected chi connectivity index (χ2v) is 12.1. The van der Waals surface area contributed by atoms with Crippen LogP contribution in [0.1, 0.15) is 69.5 Å². The van der Waals surface area contributed by atoms with Gasteiger partial charge in [0.2, 0.25) is 5.91 Å². The van der Waals surface area contributed by atoms with Gasteiger partial charge in [0.05, 0.1) is 28.8 Å². The molecule has 0 radical (unpaired) electrons. The van der Waals surface area contributed by atoms with E-state index >= 15 is 0 Å². The van der Waals surface area contributed by atoms with Gasteiger partial charge in [0.15, 0.2) is 6.04 Å². The normalized spacial score (nSPS) is 18.5. The van der Waals surface area contributed by atoms with Crippen LogP contribution in [0.25, 0.3) is 11.0 Å². The maximum Gasteiger partial charge on any atom is 0.413 e. The van der Waals surface area contributed by atoms with Gasteiger partial charge >= 0.3 is 12.3 Å². The monoisotopic (exact) mass is 583 g/mol. The van der Waals surface area contributed by atoms with Gasteiger partial charge in [-0.2, -0.15) is 13.2 Å². The topological polar surface area (TPSA) is 87.7 Å². The Labute approximate surface area is 243 Å². The summed E-state index contributed by atoms with van der Waals surface area (Å²) in [5, 5.41) is 3.31. The number of likely N-dealkylation sites (tertiary alicyclic amines) is 1. The Bertz CT molecular complexity index is 1450. The lowest BCUT2D eigenvalue weighted by atomic mass is 9.95. The van der Waals surface area contributed by atoms with E-state index in [1.165, 1.54) is 24.1 Å². The lowest BCUT2D eigenvalue weighted by Gasteiger charge is -2.37. The van der Waals surface area contributed by atoms with E-state index in [0.29, 0.717) is 31.0 Å². The first-order chi connectivity index (χ1) is 19.8. The number of hydrogen-bond acceptors (Lipinski definition) is 6. The third-order valence-electron chi connectivity index (χ3n) is 7.62. The number of fused-ring (bicyclic) bond motifs is 1. The molecule has 2 amide bonds. The third-order valence-corrected chi connectivity index (χ3v) is 7.62. The SMILES string of the molecule is CN(C(=O)C1CCCN(C(=O)OC(C)(C)C)C1)[C@@H](c1ccc(Nc2cnc3cccnc3c2C2CC2)cc1)C(F)(F)F. The molecule has 2 fully saturated rings. The quantitative estimate of drug-likeness (QED) is 0.338. The van der Waals surface area contributed by atoms with E-state index in [0.717, 1.165) is 40.0 Å². The highest BCUT2D eigenvalue weighted by atomic mass is 19.4. The Morgan fingerprint density at radius 3 is 2.43 bits per heavy atom. The summed E-state index contributed by atoms with van der Waals surface area (Å²) < 4.78 is 48.6. The van der Waals surface area contributed by atoms with Crippen LogP contribution in [0.4, 0.5) is 29.3 Å². The minimum atomic E-state index is -4.70. The van der Waals surface area contributed by atoms with E-state index in [1.807, 2.05) is 12.1 Å². The molecule has 2 atom stereocenters. The third kappa shape index (κ3) is 6.60. The first-order valence-corrected chi connectivity index (χ1v) is 14.2. The molecule has 8 nitrogen and oxygen atoms in total. The van der Waals surface area contributed by atoms with Gasteiger partial charge in [0.1, 0.15) is 5.60 Å². The number of amides is 2. The highest BCUT2D eigenvalue weighted by molar-refractivity contribution is 5.85. The number of anilines is 2. The van der Waals surface area contributed by atoms with Crippen LogP contribution in [-0.4, -0.2) is 63.7 Å². The summed E-state index contributed by atoms with van der Waals surface area (Å²) in [4.78, 5) is 37.1. The van der Waals surface area contributed by atoms with Crippen LogP contribution in [0.2, 0.25) is 0 Å². The molecule has 1 N–H and O–H groups in total. The highest BCUT2D eigenvalue weighted by Crippen LogP contribution is 2.46. The van der Waals surface area contributed by atoms with E-state index in [1.54, 1.807) is 45.3 Å². The van der Waals surface area contributed by atoms with Crippen LogP contribution < -0.4 is 5.32 Å². The van der Waals surface area contributed by atoms with Crippen molar-refractivity contribution in [3.63, 3.8) is 0 Å². The fourth-order valence-corrected chi connectivity index (χ4v) is 5.55. The predicted octanol–water partition coefficient (Wildman–Crippen LogP) is 6.96. The number of nitrogens with one attached hydrogen (secondary N) is 1. The number of carbonyl (C=O) groups is 2. The molecule has 1 aromatic carbocycles. The molecule has 2 aromatic heterocycles. The van der Waals surface area contributed by atoms with E-state index < -0.39 is 35.7 Å². The average Bonchev–Trinajstić information content (AvgIpc) is 3.77. The fourth-order valence-electron chi connectivity index (χ4n) is 5.55. The van der Waals surface area contributed by atoms with Crippen molar-refractivity contribution in [2.45, 2.75) is 70.2 Å². The molecule has 1 aliphatic heterocycles. The van der Waals surface area contributed by atoms with Crippen LogP contribution in [-0.2, 0) is 9.53 Å². The smallest absolute Gasteiger partial charge is 0.413 e. The molecule has 1 saturated carbocycles. The van der Waals surface area contributed by atoms with Gasteiger partial charge in [-0.05, 0) is 82.2 Å². The summed E-state index contributed by atoms with van der Waals surface area (Å²) in [6.45, 7) is 5.63. The molecule has 0 bridgehead atoms. The first-order valence-electron chi connectivity index (χ1n) is 14.2. The van der Waals surface area contributed by atoms with Crippen molar-refractivity contribution >= 4 is 34.4 Å². The van der Waals surface area contributed by atoms with Crippen molar-refractivity contribution in [1.82, 2.24) is 19.8 Å². The number of hydrogen-bond donors (Lipinski definition) is 1. The molecule has 2 aliphatic rings. The molecule has 1 unspecified atom stereocenters. The number of halogens is 3. The maximum absolute atomic E-state index is 14.4. The zero-order valence-corrected chi connectivity index (χ0v) is 24.2. The van der Waals surface area contributed by atoms with Crippen LogP contribution >= 0.6 is 0 Å². The molecule has 3 aromatic rings. The van der Waals surface area contributed by atoms with Crippen molar-refractivity contribution in [2.24, 2.45) is 5.92 Å². The number of ether oxygens (including phenoxy) is 1. The van der Waals surface area contributed by atoms with Gasteiger partial charge in [-0.1, -0.05) is 12.1 Å². The lowest BCUT2D eigenvalue weighted by Crippen LogP contribution is -2.49. The Morgan fingerprint density at radius 1 is 1.07 bits per heavy atom. The maximum atomic E-state index is 14.4. The largest absolute Gasteiger partial charge is 0.444 e. The van der Waals surface area contributed by atoms with Crippen molar-refractivity contribution in [2.75, 3.05) is 25.5 Å². The molecule has 0 spiro atoms. The lowest BCUT2D eigenvalue weighted by molar-refractivity contribution is -0.191. The molecule has 3 heterocycles. The van der Waals surface area contributed by atoms with E-state index in [4.69, 9.17) is 4.74 Å². The second-order valence-electron chi connectivity index (χ2n) is 12.1. The van der Waals surface area contributed by atoms with Crippen LogP contribution in [0.3, 0.4) is 0 Å². The van der Waals surface area contributed by atoms with Gasteiger partial charge in [-0.15, -0.1) is 0 Å². The number of carbonyl (C=O) groups excluding carboxylic acids is 2. The number of benzene rings is 1. The van der Waals surface area contributed by atoms with Gasteiger partial charge < -0.3 is 19.9 Å². The number of aromatic nitrogens is 2. The van der Waals surface area contributed by atoms with Crippen LogP contribution in [0.15, 0.2) is 48.8 Å². The predicted molar refractivity (Wildman–Crippen MR) is 153 cm³/mol. The summed E-state index contributed by atoms with van der Waals surface area (Å²) in [5.41, 5.74) is 3.31. The van der Waals surface area contributed by atoms with Crippen molar-refractivity contribution in [3.8, 4) is 0 Å². The summed E-state index contributed by atoms with van der Waals surface area (Å²) in [5.74, 6) is -1.04. The van der Waals surface area contributed by atoms with Crippen LogP contribution in [0, 0.1) is 5.92 Å². The zero-order valence-electron chi connectivity index (χ0n) is 24.2. The Morgan fingerprint density at radius 2 is 1.79 bits per heavy atom. The van der Waals surface area contributed by atoms with Crippen molar-refractivity contribution < 1.29 is 27.5 Å². The average molecular weight is 584 g/mol. The van der Waals surface area contributed by atoms with Crippen molar-refractivity contribution in [1.29, 1.82) is 0 Å². The Kier molecular flexibility index (Phi) is 8.04. The highest BCUT2D eigenvalue weighted by Gasteiger charge is 2.47. The zero-order chi connectivity index (χ0) is 30.2. The minimum absolute atomic E-state index is 0.0174. The molecular formula is C31H36F3N5O3. The van der Waals surface area contributed by atoms with E-state index in [2.05, 4.69) is 15.3 Å². The summed E-state index contributed by atoms with van der Waals surface area (Å²) in [7, 11) is 1.18. The second kappa shape index (κ2) is 11.4. The molecule has 224 valence electrons. The summed E-state index contributed by atoms with van der Waals surface area (Å²) in [6, 6.07) is 7.55. The number of piperidine rings is 1. The Balaban J connectivity index is 1.33. The summed E-state index contributed by atoms with van der Waals surface area (Å²) >= 11 is 0. The molecule has 5 rings (SSSR count). The van der Waals surface area contributed by atoms with Gasteiger partial charge in [-0.25, -0.2) is 4.79 Å². The van der Waals surface area contributed by atoms with Gasteiger partial charge in [-0.3, -0.25) is 14.8 Å². The van der Waals surface area contributed by atoms with Crippen LogP contribution in [0.5, 0.6) is 0 Å². The van der Waals surface area contributed by atoms with E-state index in [9.17, 15) is 22.8 Å². The number of nitrogens with zero attached hydrogens (tertiary/aromatic N) is 4. The minimum Gasteiger partial charge on any atom is -0.444 e. The standard InChI is InChI=1S/C31H36F3N5O3/c1-30(2,3)42-29(41)39-16-6-7-21(18-39)28(40)38(4)27(31(32,33)34)20-11-13-22(14-12-20)37-24-17-36-23-8-5-15-35-26(23)25(24)19-9-10-19/h5,8,11-15,17,19,21,27,37H,6-7,9-10,16,18H2,1-4H3/t21?,27-/m0/s1. The molecule has 11 heteroatoms. The van der Waals surface area contributed by atoms with Gasteiger partial charge in [0, 0.05) is 37.6 Å². The first kappa shape index (κ1) is 29.6.